The first-order valence-electron chi connectivity index (χ1n) is 11.7. The Morgan fingerprint density at radius 2 is 1.89 bits per heavy atom. The molecule has 0 aliphatic heterocycles. The Morgan fingerprint density at radius 3 is 2.59 bits per heavy atom. The lowest BCUT2D eigenvalue weighted by atomic mass is 9.43. The minimum absolute atomic E-state index is 0.000120. The second-order valence-corrected chi connectivity index (χ2v) is 10.5. The van der Waals surface area contributed by atoms with Gasteiger partial charge in [0.25, 0.3) is 0 Å². The second-order valence-electron chi connectivity index (χ2n) is 10.5. The van der Waals surface area contributed by atoms with Gasteiger partial charge < -0.3 is 9.84 Å². The molecule has 3 heteroatoms. The van der Waals surface area contributed by atoms with Crippen LogP contribution < -0.4 is 0 Å². The molecule has 0 heterocycles. The molecule has 0 bridgehead atoms. The van der Waals surface area contributed by atoms with Crippen LogP contribution in [0, 0.1) is 34.5 Å². The number of rotatable bonds is 5. The number of hydrogen-bond acceptors (Lipinski definition) is 3. The highest BCUT2D eigenvalue weighted by Gasteiger charge is 2.63. The standard InChI is InChI=1S/C24H40O3/c1-4-11-22(26)13-14-24(16-27-3)17(15-22)6-7-18-19-8-9-21(25)23(19,5-2)12-10-20(18)24/h17-20,26H,4-16H2,1-3H3/t17-,18+,19+,20+,22-,23+,24-/m1/s1. The lowest BCUT2D eigenvalue weighted by Crippen LogP contribution is -2.59. The van der Waals surface area contributed by atoms with Gasteiger partial charge in [-0.3, -0.25) is 4.79 Å². The van der Waals surface area contributed by atoms with Crippen LogP contribution in [0.5, 0.6) is 0 Å². The molecule has 4 aliphatic carbocycles. The Balaban J connectivity index is 1.63. The molecular formula is C24H40O3. The van der Waals surface area contributed by atoms with Crippen molar-refractivity contribution in [2.75, 3.05) is 13.7 Å². The van der Waals surface area contributed by atoms with Crippen molar-refractivity contribution in [2.24, 2.45) is 34.5 Å². The minimum atomic E-state index is -0.450. The Labute approximate surface area is 165 Å². The zero-order chi connectivity index (χ0) is 19.3. The number of hydrogen-bond donors (Lipinski definition) is 1. The van der Waals surface area contributed by atoms with Gasteiger partial charge in [-0.15, -0.1) is 0 Å². The molecule has 1 N–H and O–H groups in total. The van der Waals surface area contributed by atoms with Crippen molar-refractivity contribution in [3.05, 3.63) is 0 Å². The summed E-state index contributed by atoms with van der Waals surface area (Å²) >= 11 is 0. The van der Waals surface area contributed by atoms with E-state index in [2.05, 4.69) is 13.8 Å². The molecule has 154 valence electrons. The van der Waals surface area contributed by atoms with E-state index in [0.29, 0.717) is 29.5 Å². The molecule has 0 radical (unpaired) electrons. The number of carbonyl (C=O) groups excluding carboxylic acids is 1. The summed E-state index contributed by atoms with van der Waals surface area (Å²) in [5.41, 5.74) is -0.211. The topological polar surface area (TPSA) is 46.5 Å². The second kappa shape index (κ2) is 7.13. The molecule has 4 saturated carbocycles. The number of ether oxygens (including phenoxy) is 1. The zero-order valence-corrected chi connectivity index (χ0v) is 17.8. The van der Waals surface area contributed by atoms with Gasteiger partial charge >= 0.3 is 0 Å². The van der Waals surface area contributed by atoms with Crippen LogP contribution in [0.15, 0.2) is 0 Å². The van der Waals surface area contributed by atoms with Crippen molar-refractivity contribution in [1.29, 1.82) is 0 Å². The first kappa shape index (κ1) is 19.9. The summed E-state index contributed by atoms with van der Waals surface area (Å²) < 4.78 is 5.85. The Kier molecular flexibility index (Phi) is 5.25. The number of Topliss-reactive ketones (excluding diaryl/α,β-unsaturated/α-hetero) is 1. The third-order valence-corrected chi connectivity index (χ3v) is 9.72. The normalized spacial score (nSPS) is 49.4. The van der Waals surface area contributed by atoms with Crippen LogP contribution in [0.3, 0.4) is 0 Å². The van der Waals surface area contributed by atoms with Crippen molar-refractivity contribution in [1.82, 2.24) is 0 Å². The number of aliphatic hydroxyl groups is 1. The predicted octanol–water partition coefficient (Wildman–Crippen LogP) is 5.15. The van der Waals surface area contributed by atoms with Crippen LogP contribution in [0.4, 0.5) is 0 Å². The van der Waals surface area contributed by atoms with Crippen molar-refractivity contribution in [2.45, 2.75) is 96.5 Å². The monoisotopic (exact) mass is 376 g/mol. The van der Waals surface area contributed by atoms with E-state index in [1.807, 2.05) is 7.11 Å². The largest absolute Gasteiger partial charge is 0.390 e. The quantitative estimate of drug-likeness (QED) is 0.722. The van der Waals surface area contributed by atoms with Gasteiger partial charge in [0, 0.05) is 18.9 Å². The molecule has 3 nitrogen and oxygen atoms in total. The van der Waals surface area contributed by atoms with Gasteiger partial charge in [0.1, 0.15) is 5.78 Å². The Bertz CT molecular complexity index is 574. The summed E-state index contributed by atoms with van der Waals surface area (Å²) in [5.74, 6) is 3.17. The van der Waals surface area contributed by atoms with Gasteiger partial charge in [-0.1, -0.05) is 20.3 Å². The van der Waals surface area contributed by atoms with Crippen molar-refractivity contribution in [3.8, 4) is 0 Å². The van der Waals surface area contributed by atoms with Crippen LogP contribution in [0.1, 0.15) is 90.9 Å². The fourth-order valence-corrected chi connectivity index (χ4v) is 8.59. The number of methoxy groups -OCH3 is 1. The molecule has 0 unspecified atom stereocenters. The third kappa shape index (κ3) is 2.86. The fourth-order valence-electron chi connectivity index (χ4n) is 8.59. The molecule has 4 rings (SSSR count). The van der Waals surface area contributed by atoms with E-state index < -0.39 is 5.60 Å². The molecule has 0 saturated heterocycles. The number of carbonyl (C=O) groups is 1. The van der Waals surface area contributed by atoms with E-state index in [4.69, 9.17) is 4.74 Å². The molecule has 0 spiro atoms. The average molecular weight is 377 g/mol. The Morgan fingerprint density at radius 1 is 1.07 bits per heavy atom. The van der Waals surface area contributed by atoms with Crippen LogP contribution in [0.2, 0.25) is 0 Å². The van der Waals surface area contributed by atoms with Gasteiger partial charge in [0.2, 0.25) is 0 Å². The number of ketones is 1. The maximum absolute atomic E-state index is 12.8. The van der Waals surface area contributed by atoms with Gasteiger partial charge in [-0.2, -0.15) is 0 Å². The lowest BCUT2D eigenvalue weighted by Gasteiger charge is -2.62. The summed E-state index contributed by atoms with van der Waals surface area (Å²) in [5, 5.41) is 11.2. The highest BCUT2D eigenvalue weighted by atomic mass is 16.5. The minimum Gasteiger partial charge on any atom is -0.390 e. The van der Waals surface area contributed by atoms with Crippen LogP contribution in [0.25, 0.3) is 0 Å². The maximum Gasteiger partial charge on any atom is 0.139 e. The molecule has 4 aliphatic rings. The van der Waals surface area contributed by atoms with E-state index in [0.717, 1.165) is 64.4 Å². The summed E-state index contributed by atoms with van der Waals surface area (Å²) in [6.45, 7) is 5.29. The molecule has 0 aromatic heterocycles. The zero-order valence-electron chi connectivity index (χ0n) is 17.8. The van der Waals surface area contributed by atoms with E-state index in [-0.39, 0.29) is 10.8 Å². The summed E-state index contributed by atoms with van der Waals surface area (Å²) in [6, 6.07) is 0. The van der Waals surface area contributed by atoms with Crippen molar-refractivity contribution >= 4 is 5.78 Å². The average Bonchev–Trinajstić information content (AvgIpc) is 3.00. The smallest absolute Gasteiger partial charge is 0.139 e. The fraction of sp³-hybridized carbons (Fsp3) is 0.958. The molecule has 0 aromatic carbocycles. The van der Waals surface area contributed by atoms with E-state index >= 15 is 0 Å². The van der Waals surface area contributed by atoms with Gasteiger partial charge in [0.05, 0.1) is 12.2 Å². The lowest BCUT2D eigenvalue weighted by molar-refractivity contribution is -0.179. The van der Waals surface area contributed by atoms with E-state index in [1.165, 1.54) is 19.3 Å². The summed E-state index contributed by atoms with van der Waals surface area (Å²) in [4.78, 5) is 12.8. The molecule has 7 atom stereocenters. The van der Waals surface area contributed by atoms with Gasteiger partial charge in [0.15, 0.2) is 0 Å². The first-order chi connectivity index (χ1) is 12.9. The predicted molar refractivity (Wildman–Crippen MR) is 107 cm³/mol. The van der Waals surface area contributed by atoms with E-state index in [1.54, 1.807) is 0 Å². The summed E-state index contributed by atoms with van der Waals surface area (Å²) in [6.07, 6.45) is 12.8. The van der Waals surface area contributed by atoms with Crippen LogP contribution in [-0.2, 0) is 9.53 Å². The van der Waals surface area contributed by atoms with Gasteiger partial charge in [-0.25, -0.2) is 0 Å². The highest BCUT2D eigenvalue weighted by molar-refractivity contribution is 5.87. The van der Waals surface area contributed by atoms with Crippen molar-refractivity contribution in [3.63, 3.8) is 0 Å². The maximum atomic E-state index is 12.8. The summed E-state index contributed by atoms with van der Waals surface area (Å²) in [7, 11) is 1.86. The third-order valence-electron chi connectivity index (χ3n) is 9.72. The molecular weight excluding hydrogens is 336 g/mol. The molecule has 0 aromatic rings. The van der Waals surface area contributed by atoms with Crippen LogP contribution in [-0.4, -0.2) is 30.2 Å². The van der Waals surface area contributed by atoms with Crippen LogP contribution >= 0.6 is 0 Å². The number of fused-ring (bicyclic) bond motifs is 5. The van der Waals surface area contributed by atoms with Gasteiger partial charge in [-0.05, 0) is 93.3 Å². The Hall–Kier alpha value is -0.410. The molecule has 0 amide bonds. The molecule has 27 heavy (non-hydrogen) atoms. The first-order valence-corrected chi connectivity index (χ1v) is 11.7. The van der Waals surface area contributed by atoms with Crippen molar-refractivity contribution < 1.29 is 14.6 Å². The molecule has 4 fully saturated rings. The highest BCUT2D eigenvalue weighted by Crippen LogP contribution is 2.67. The van der Waals surface area contributed by atoms with E-state index in [9.17, 15) is 9.90 Å². The SMILES string of the molecule is CCC[C@@]1(O)CC[C@@]2(COC)[C@H](CC[C@H]3[C@@H]4CCC(=O)[C@@]4(CC)CC[C@@H]32)C1.